The molecule has 0 spiro atoms. The summed E-state index contributed by atoms with van der Waals surface area (Å²) in [6.07, 6.45) is 0. The zero-order chi connectivity index (χ0) is 14.0. The van der Waals surface area contributed by atoms with Crippen molar-refractivity contribution in [1.29, 1.82) is 0 Å². The van der Waals surface area contributed by atoms with Gasteiger partial charge in [0.1, 0.15) is 5.75 Å². The number of ether oxygens (including phenoxy) is 1. The van der Waals surface area contributed by atoms with E-state index < -0.39 is 10.0 Å². The minimum absolute atomic E-state index is 0.0706. The number of hydrogen-bond donors (Lipinski definition) is 2. The number of rotatable bonds is 3. The summed E-state index contributed by atoms with van der Waals surface area (Å²) < 4.78 is 28.0. The SMILES string of the molecule is Nc1ccc(S(N)(=O)=O)cc1Oc1cccc(Cl)c1. The van der Waals surface area contributed by atoms with Crippen LogP contribution in [0.5, 0.6) is 11.5 Å². The molecule has 0 amide bonds. The predicted octanol–water partition coefficient (Wildman–Crippen LogP) is 2.36. The molecule has 5 nitrogen and oxygen atoms in total. The van der Waals surface area contributed by atoms with Crippen LogP contribution in [-0.4, -0.2) is 8.42 Å². The summed E-state index contributed by atoms with van der Waals surface area (Å²) in [4.78, 5) is -0.0706. The van der Waals surface area contributed by atoms with Gasteiger partial charge < -0.3 is 10.5 Å². The minimum atomic E-state index is -3.80. The van der Waals surface area contributed by atoms with Crippen molar-refractivity contribution in [3.05, 3.63) is 47.5 Å². The van der Waals surface area contributed by atoms with Crippen molar-refractivity contribution in [2.75, 3.05) is 5.73 Å². The summed E-state index contributed by atoms with van der Waals surface area (Å²) in [5, 5.41) is 5.55. The van der Waals surface area contributed by atoms with Gasteiger partial charge in [-0.15, -0.1) is 0 Å². The standard InChI is InChI=1S/C12H11ClN2O3S/c13-8-2-1-3-9(6-8)18-12-7-10(19(15,16)17)4-5-11(12)14/h1-7H,14H2,(H2,15,16,17). The van der Waals surface area contributed by atoms with Gasteiger partial charge in [-0.1, -0.05) is 17.7 Å². The molecule has 2 rings (SSSR count). The molecule has 0 unspecified atom stereocenters. The highest BCUT2D eigenvalue weighted by molar-refractivity contribution is 7.89. The molecule has 2 aromatic carbocycles. The molecular weight excluding hydrogens is 288 g/mol. The van der Waals surface area contributed by atoms with Gasteiger partial charge in [-0.2, -0.15) is 0 Å². The molecule has 0 aliphatic rings. The molecule has 0 aliphatic heterocycles. The van der Waals surface area contributed by atoms with E-state index in [0.29, 0.717) is 16.5 Å². The zero-order valence-electron chi connectivity index (χ0n) is 9.71. The van der Waals surface area contributed by atoms with Gasteiger partial charge in [0.05, 0.1) is 10.6 Å². The van der Waals surface area contributed by atoms with Crippen LogP contribution in [0, 0.1) is 0 Å². The summed E-state index contributed by atoms with van der Waals surface area (Å²) in [7, 11) is -3.80. The van der Waals surface area contributed by atoms with Crippen molar-refractivity contribution in [2.24, 2.45) is 5.14 Å². The maximum Gasteiger partial charge on any atom is 0.238 e. The van der Waals surface area contributed by atoms with Gasteiger partial charge in [-0.3, -0.25) is 0 Å². The second kappa shape index (κ2) is 5.08. The van der Waals surface area contributed by atoms with Gasteiger partial charge in [0, 0.05) is 11.1 Å². The number of sulfonamides is 1. The molecule has 0 saturated carbocycles. The summed E-state index contributed by atoms with van der Waals surface area (Å²) in [6.45, 7) is 0. The van der Waals surface area contributed by atoms with E-state index in [1.165, 1.54) is 18.2 Å². The Bertz CT molecular complexity index is 717. The summed E-state index contributed by atoms with van der Waals surface area (Å²) in [6, 6.07) is 10.7. The predicted molar refractivity (Wildman–Crippen MR) is 73.8 cm³/mol. The van der Waals surface area contributed by atoms with Crippen LogP contribution in [0.2, 0.25) is 5.02 Å². The number of benzene rings is 2. The molecule has 0 saturated heterocycles. The fourth-order valence-corrected chi connectivity index (χ4v) is 2.15. The van der Waals surface area contributed by atoms with Crippen LogP contribution in [0.25, 0.3) is 0 Å². The summed E-state index contributed by atoms with van der Waals surface area (Å²) >= 11 is 5.83. The Balaban J connectivity index is 2.40. The second-order valence-corrected chi connectivity index (χ2v) is 5.80. The Morgan fingerprint density at radius 2 is 1.84 bits per heavy atom. The van der Waals surface area contributed by atoms with Crippen molar-refractivity contribution in [3.8, 4) is 11.5 Å². The summed E-state index contributed by atoms with van der Waals surface area (Å²) in [5.41, 5.74) is 6.02. The maximum atomic E-state index is 11.3. The average molecular weight is 299 g/mol. The molecule has 2 aromatic rings. The molecule has 0 radical (unpaired) electrons. The molecule has 0 aliphatic carbocycles. The highest BCUT2D eigenvalue weighted by atomic mass is 35.5. The van der Waals surface area contributed by atoms with Gasteiger partial charge in [0.25, 0.3) is 0 Å². The van der Waals surface area contributed by atoms with E-state index in [2.05, 4.69) is 0 Å². The first-order chi connectivity index (χ1) is 8.86. The largest absolute Gasteiger partial charge is 0.455 e. The number of primary sulfonamides is 1. The lowest BCUT2D eigenvalue weighted by atomic mass is 10.3. The second-order valence-electron chi connectivity index (χ2n) is 3.80. The van der Waals surface area contributed by atoms with Crippen LogP contribution in [0.4, 0.5) is 5.69 Å². The first-order valence-corrected chi connectivity index (χ1v) is 7.14. The topological polar surface area (TPSA) is 95.4 Å². The Morgan fingerprint density at radius 3 is 2.47 bits per heavy atom. The molecule has 0 bridgehead atoms. The van der Waals surface area contributed by atoms with Crippen molar-refractivity contribution >= 4 is 27.3 Å². The van der Waals surface area contributed by atoms with Crippen LogP contribution in [0.15, 0.2) is 47.4 Å². The molecule has 7 heteroatoms. The Kier molecular flexibility index (Phi) is 3.66. The normalized spacial score (nSPS) is 11.3. The highest BCUT2D eigenvalue weighted by Crippen LogP contribution is 2.30. The van der Waals surface area contributed by atoms with E-state index in [1.807, 2.05) is 0 Å². The third-order valence-electron chi connectivity index (χ3n) is 2.34. The summed E-state index contributed by atoms with van der Waals surface area (Å²) in [5.74, 6) is 0.652. The van der Waals surface area contributed by atoms with E-state index in [4.69, 9.17) is 27.2 Å². The first-order valence-electron chi connectivity index (χ1n) is 5.22. The van der Waals surface area contributed by atoms with Crippen LogP contribution in [0.1, 0.15) is 0 Å². The lowest BCUT2D eigenvalue weighted by Crippen LogP contribution is -2.12. The molecule has 100 valence electrons. The lowest BCUT2D eigenvalue weighted by molar-refractivity contribution is 0.483. The van der Waals surface area contributed by atoms with E-state index in [1.54, 1.807) is 24.3 Å². The lowest BCUT2D eigenvalue weighted by Gasteiger charge is -2.10. The quantitative estimate of drug-likeness (QED) is 0.850. The van der Waals surface area contributed by atoms with E-state index >= 15 is 0 Å². The molecular formula is C12H11ClN2O3S. The highest BCUT2D eigenvalue weighted by Gasteiger charge is 2.11. The van der Waals surface area contributed by atoms with E-state index in [-0.39, 0.29) is 10.6 Å². The Labute approximate surface area is 115 Å². The molecule has 19 heavy (non-hydrogen) atoms. The van der Waals surface area contributed by atoms with Gasteiger partial charge in [0.2, 0.25) is 10.0 Å². The third kappa shape index (κ3) is 3.37. The van der Waals surface area contributed by atoms with Crippen LogP contribution in [0.3, 0.4) is 0 Å². The van der Waals surface area contributed by atoms with Crippen molar-refractivity contribution < 1.29 is 13.2 Å². The van der Waals surface area contributed by atoms with Gasteiger partial charge in [-0.25, -0.2) is 13.6 Å². The molecule has 0 fully saturated rings. The monoisotopic (exact) mass is 298 g/mol. The number of hydrogen-bond acceptors (Lipinski definition) is 4. The number of anilines is 1. The molecule has 0 aromatic heterocycles. The van der Waals surface area contributed by atoms with Gasteiger partial charge >= 0.3 is 0 Å². The molecule has 0 atom stereocenters. The Morgan fingerprint density at radius 1 is 1.11 bits per heavy atom. The number of nitrogen functional groups attached to an aromatic ring is 1. The fraction of sp³-hybridized carbons (Fsp3) is 0. The van der Waals surface area contributed by atoms with Crippen LogP contribution >= 0.6 is 11.6 Å². The van der Waals surface area contributed by atoms with Gasteiger partial charge in [-0.05, 0) is 30.3 Å². The number of halogens is 1. The van der Waals surface area contributed by atoms with E-state index in [0.717, 1.165) is 0 Å². The number of nitrogens with two attached hydrogens (primary N) is 2. The average Bonchev–Trinajstić information content (AvgIpc) is 2.30. The maximum absolute atomic E-state index is 11.3. The van der Waals surface area contributed by atoms with Crippen molar-refractivity contribution in [1.82, 2.24) is 0 Å². The minimum Gasteiger partial charge on any atom is -0.455 e. The van der Waals surface area contributed by atoms with E-state index in [9.17, 15) is 8.42 Å². The van der Waals surface area contributed by atoms with Crippen molar-refractivity contribution in [2.45, 2.75) is 4.90 Å². The Hall–Kier alpha value is -1.76. The van der Waals surface area contributed by atoms with Crippen LogP contribution < -0.4 is 15.6 Å². The van der Waals surface area contributed by atoms with Crippen LogP contribution in [-0.2, 0) is 10.0 Å². The van der Waals surface area contributed by atoms with Crippen molar-refractivity contribution in [3.63, 3.8) is 0 Å². The third-order valence-corrected chi connectivity index (χ3v) is 3.48. The smallest absolute Gasteiger partial charge is 0.238 e. The first kappa shape index (κ1) is 13.7. The molecule has 4 N–H and O–H groups in total. The molecule has 0 heterocycles. The fourth-order valence-electron chi connectivity index (χ4n) is 1.44. The zero-order valence-corrected chi connectivity index (χ0v) is 11.3. The van der Waals surface area contributed by atoms with Gasteiger partial charge in [0.15, 0.2) is 5.75 Å².